The molecule has 3 aromatic heterocycles. The fourth-order valence-electron chi connectivity index (χ4n) is 4.89. The fourth-order valence-corrected chi connectivity index (χ4v) is 4.89. The number of allylic oxidation sites excluding steroid dienone is 1. The van der Waals surface area contributed by atoms with Crippen LogP contribution in [0.3, 0.4) is 0 Å². The summed E-state index contributed by atoms with van der Waals surface area (Å²) in [5.41, 5.74) is 4.13. The van der Waals surface area contributed by atoms with Crippen molar-refractivity contribution in [2.24, 2.45) is 7.05 Å². The summed E-state index contributed by atoms with van der Waals surface area (Å²) >= 11 is 0. The first kappa shape index (κ1) is 23.7. The van der Waals surface area contributed by atoms with E-state index in [1.807, 2.05) is 30.1 Å². The van der Waals surface area contributed by atoms with Gasteiger partial charge in [0.25, 0.3) is 0 Å². The van der Waals surface area contributed by atoms with Crippen LogP contribution in [0.1, 0.15) is 22.8 Å². The van der Waals surface area contributed by atoms with Gasteiger partial charge in [-0.3, -0.25) is 9.78 Å². The van der Waals surface area contributed by atoms with Gasteiger partial charge < -0.3 is 29.6 Å². The van der Waals surface area contributed by atoms with E-state index in [0.717, 1.165) is 28.8 Å². The SMILES string of the molecule is C[C@H]1COCCN1c1ccnc2c1c(/C=C1\Oc3ccc(NC(=O)Nc4cccnc4)cc3C1=O)cn2C. The van der Waals surface area contributed by atoms with E-state index in [0.29, 0.717) is 35.9 Å². The van der Waals surface area contributed by atoms with Crippen LogP contribution in [-0.2, 0) is 11.8 Å². The van der Waals surface area contributed by atoms with Crippen molar-refractivity contribution in [3.05, 3.63) is 78.1 Å². The van der Waals surface area contributed by atoms with Gasteiger partial charge >= 0.3 is 6.03 Å². The van der Waals surface area contributed by atoms with Crippen molar-refractivity contribution in [1.29, 1.82) is 0 Å². The molecule has 2 N–H and O–H groups in total. The number of ether oxygens (including phenoxy) is 2. The van der Waals surface area contributed by atoms with Crippen LogP contribution in [0.15, 0.2) is 66.9 Å². The summed E-state index contributed by atoms with van der Waals surface area (Å²) < 4.78 is 13.5. The number of aryl methyl sites for hydroxylation is 1. The number of morpholine rings is 1. The van der Waals surface area contributed by atoms with Crippen molar-refractivity contribution >= 4 is 46.0 Å². The predicted molar refractivity (Wildman–Crippen MR) is 145 cm³/mol. The Balaban J connectivity index is 1.28. The van der Waals surface area contributed by atoms with Gasteiger partial charge in [0.1, 0.15) is 11.4 Å². The van der Waals surface area contributed by atoms with Crippen molar-refractivity contribution in [1.82, 2.24) is 14.5 Å². The Labute approximate surface area is 218 Å². The van der Waals surface area contributed by atoms with E-state index in [2.05, 4.69) is 32.4 Å². The average Bonchev–Trinajstić information content (AvgIpc) is 3.41. The first-order valence-electron chi connectivity index (χ1n) is 12.3. The number of carbonyl (C=O) groups excluding carboxylic acids is 2. The molecule has 10 nitrogen and oxygen atoms in total. The molecule has 0 unspecified atom stereocenters. The Bertz CT molecular complexity index is 1580. The lowest BCUT2D eigenvalue weighted by atomic mass is 10.1. The zero-order valence-corrected chi connectivity index (χ0v) is 21.0. The maximum absolute atomic E-state index is 13.3. The Morgan fingerprint density at radius 1 is 1.16 bits per heavy atom. The van der Waals surface area contributed by atoms with E-state index < -0.39 is 6.03 Å². The van der Waals surface area contributed by atoms with Crippen LogP contribution >= 0.6 is 0 Å². The number of anilines is 3. The van der Waals surface area contributed by atoms with Gasteiger partial charge in [-0.2, -0.15) is 0 Å². The highest BCUT2D eigenvalue weighted by Crippen LogP contribution is 2.37. The summed E-state index contributed by atoms with van der Waals surface area (Å²) in [6, 6.07) is 10.2. The molecule has 192 valence electrons. The number of ketones is 1. The lowest BCUT2D eigenvalue weighted by Gasteiger charge is -2.35. The lowest BCUT2D eigenvalue weighted by Crippen LogP contribution is -2.43. The molecule has 10 heteroatoms. The quantitative estimate of drug-likeness (QED) is 0.390. The maximum Gasteiger partial charge on any atom is 0.323 e. The van der Waals surface area contributed by atoms with E-state index in [4.69, 9.17) is 9.47 Å². The van der Waals surface area contributed by atoms with Gasteiger partial charge in [0, 0.05) is 54.9 Å². The number of hydrogen-bond acceptors (Lipinski definition) is 7. The van der Waals surface area contributed by atoms with Crippen LogP contribution in [0.2, 0.25) is 0 Å². The third kappa shape index (κ3) is 4.35. The number of carbonyl (C=O) groups is 2. The number of fused-ring (bicyclic) bond motifs is 2. The molecule has 2 amide bonds. The molecular formula is C28H26N6O4. The molecular weight excluding hydrogens is 484 g/mol. The molecule has 1 saturated heterocycles. The minimum atomic E-state index is -0.437. The molecule has 1 fully saturated rings. The van der Waals surface area contributed by atoms with Gasteiger partial charge in [-0.05, 0) is 49.4 Å². The molecule has 0 aliphatic carbocycles. The van der Waals surface area contributed by atoms with Gasteiger partial charge in [-0.25, -0.2) is 9.78 Å². The zero-order valence-electron chi connectivity index (χ0n) is 21.0. The maximum atomic E-state index is 13.3. The van der Waals surface area contributed by atoms with Crippen LogP contribution in [0.4, 0.5) is 21.9 Å². The highest BCUT2D eigenvalue weighted by Gasteiger charge is 2.29. The number of urea groups is 1. The Kier molecular flexibility index (Phi) is 6.01. The molecule has 1 atom stereocenters. The largest absolute Gasteiger partial charge is 0.452 e. The Morgan fingerprint density at radius 2 is 2.03 bits per heavy atom. The number of nitrogens with one attached hydrogen (secondary N) is 2. The van der Waals surface area contributed by atoms with Gasteiger partial charge in [0.05, 0.1) is 36.3 Å². The number of amides is 2. The number of Topliss-reactive ketones (excluding diaryl/α,β-unsaturated/α-hetero) is 1. The van der Waals surface area contributed by atoms with Crippen LogP contribution in [0.25, 0.3) is 17.1 Å². The first-order valence-corrected chi connectivity index (χ1v) is 12.3. The Hall–Kier alpha value is -4.70. The van der Waals surface area contributed by atoms with Gasteiger partial charge in [0.15, 0.2) is 5.76 Å². The summed E-state index contributed by atoms with van der Waals surface area (Å²) in [6.45, 7) is 4.22. The Morgan fingerprint density at radius 3 is 2.84 bits per heavy atom. The normalized spacial score (nSPS) is 17.9. The number of pyridine rings is 2. The van der Waals surface area contributed by atoms with Crippen LogP contribution < -0.4 is 20.3 Å². The highest BCUT2D eigenvalue weighted by atomic mass is 16.5. The fraction of sp³-hybridized carbons (Fsp3) is 0.214. The molecule has 38 heavy (non-hydrogen) atoms. The van der Waals surface area contributed by atoms with E-state index in [-0.39, 0.29) is 17.6 Å². The molecule has 0 spiro atoms. The molecule has 6 rings (SSSR count). The molecule has 5 heterocycles. The van der Waals surface area contributed by atoms with Crippen molar-refractivity contribution in [3.8, 4) is 5.75 Å². The minimum absolute atomic E-state index is 0.213. The molecule has 2 aliphatic rings. The molecule has 0 bridgehead atoms. The second kappa shape index (κ2) is 9.64. The summed E-state index contributed by atoms with van der Waals surface area (Å²) in [5.74, 6) is 0.410. The number of aromatic nitrogens is 3. The standard InChI is InChI=1S/C28H26N6O4/c1-17-16-37-11-10-34(17)22-7-9-30-27-25(22)18(15-33(27)2)12-24-26(35)21-13-19(5-6-23(21)38-24)31-28(36)32-20-4-3-8-29-14-20/h3-9,12-15,17H,10-11,16H2,1-2H3,(H2,31,32,36)/b24-12-/t17-/m0/s1. The minimum Gasteiger partial charge on any atom is -0.452 e. The molecule has 4 aromatic rings. The van der Waals surface area contributed by atoms with Crippen molar-refractivity contribution < 1.29 is 19.1 Å². The molecule has 1 aromatic carbocycles. The van der Waals surface area contributed by atoms with Crippen molar-refractivity contribution in [2.45, 2.75) is 13.0 Å². The number of benzene rings is 1. The second-order valence-electron chi connectivity index (χ2n) is 9.31. The topological polar surface area (TPSA) is 111 Å². The van der Waals surface area contributed by atoms with Crippen LogP contribution in [0.5, 0.6) is 5.75 Å². The van der Waals surface area contributed by atoms with Crippen LogP contribution in [0, 0.1) is 0 Å². The molecule has 0 radical (unpaired) electrons. The monoisotopic (exact) mass is 510 g/mol. The van der Waals surface area contributed by atoms with Gasteiger partial charge in [-0.15, -0.1) is 0 Å². The van der Waals surface area contributed by atoms with Crippen LogP contribution in [-0.4, -0.2) is 52.1 Å². The third-order valence-electron chi connectivity index (χ3n) is 6.67. The lowest BCUT2D eigenvalue weighted by molar-refractivity contribution is 0.0991. The molecule has 2 aliphatic heterocycles. The predicted octanol–water partition coefficient (Wildman–Crippen LogP) is 4.45. The van der Waals surface area contributed by atoms with E-state index in [1.165, 1.54) is 0 Å². The average molecular weight is 511 g/mol. The van der Waals surface area contributed by atoms with Gasteiger partial charge in [0.2, 0.25) is 5.78 Å². The number of rotatable bonds is 4. The first-order chi connectivity index (χ1) is 18.5. The third-order valence-corrected chi connectivity index (χ3v) is 6.67. The molecule has 0 saturated carbocycles. The van der Waals surface area contributed by atoms with Gasteiger partial charge in [-0.1, -0.05) is 0 Å². The summed E-state index contributed by atoms with van der Waals surface area (Å²) in [7, 11) is 1.93. The zero-order chi connectivity index (χ0) is 26.2. The summed E-state index contributed by atoms with van der Waals surface area (Å²) in [4.78, 5) is 36.6. The van der Waals surface area contributed by atoms with E-state index in [9.17, 15) is 9.59 Å². The second-order valence-corrected chi connectivity index (χ2v) is 9.31. The number of hydrogen-bond donors (Lipinski definition) is 2. The number of nitrogens with zero attached hydrogens (tertiary/aromatic N) is 4. The van der Waals surface area contributed by atoms with E-state index in [1.54, 1.807) is 48.8 Å². The van der Waals surface area contributed by atoms with Crippen molar-refractivity contribution in [3.63, 3.8) is 0 Å². The van der Waals surface area contributed by atoms with Crippen molar-refractivity contribution in [2.75, 3.05) is 35.3 Å². The summed E-state index contributed by atoms with van der Waals surface area (Å²) in [6.07, 6.45) is 8.70. The summed E-state index contributed by atoms with van der Waals surface area (Å²) in [5, 5.41) is 6.41. The highest BCUT2D eigenvalue weighted by molar-refractivity contribution is 6.16. The van der Waals surface area contributed by atoms with E-state index >= 15 is 0 Å². The smallest absolute Gasteiger partial charge is 0.323 e.